The Kier molecular flexibility index (Phi) is 3.95. The van der Waals surface area contributed by atoms with Crippen LogP contribution in [0.5, 0.6) is 0 Å². The van der Waals surface area contributed by atoms with Crippen LogP contribution in [0.3, 0.4) is 0 Å². The standard InChI is InChI=1S/C15H19FO/c1-11-4-3-5-12(2)17-15(10-11)13-6-8-14(16)9-7-13/h4,6-9,12,15H,3,5,10H2,1-2H3/b11-4-/t12-,15-/m0/s1. The number of ether oxygens (including phenoxy) is 1. The fourth-order valence-corrected chi connectivity index (χ4v) is 2.21. The summed E-state index contributed by atoms with van der Waals surface area (Å²) in [6.45, 7) is 4.24. The largest absolute Gasteiger partial charge is 0.370 e. The lowest BCUT2D eigenvalue weighted by Gasteiger charge is -2.25. The van der Waals surface area contributed by atoms with Crippen LogP contribution >= 0.6 is 0 Å². The molecule has 2 heteroatoms. The van der Waals surface area contributed by atoms with E-state index in [1.807, 2.05) is 12.1 Å². The van der Waals surface area contributed by atoms with Crippen molar-refractivity contribution in [3.63, 3.8) is 0 Å². The van der Waals surface area contributed by atoms with Gasteiger partial charge in [-0.2, -0.15) is 0 Å². The van der Waals surface area contributed by atoms with Gasteiger partial charge in [-0.15, -0.1) is 0 Å². The van der Waals surface area contributed by atoms with Crippen molar-refractivity contribution < 1.29 is 9.13 Å². The minimum absolute atomic E-state index is 0.0575. The van der Waals surface area contributed by atoms with Crippen molar-refractivity contribution in [2.24, 2.45) is 0 Å². The molecule has 0 fully saturated rings. The summed E-state index contributed by atoms with van der Waals surface area (Å²) in [5, 5.41) is 0. The first-order chi connectivity index (χ1) is 8.15. The van der Waals surface area contributed by atoms with Gasteiger partial charge in [0.1, 0.15) is 5.82 Å². The molecule has 0 saturated carbocycles. The van der Waals surface area contributed by atoms with E-state index in [9.17, 15) is 4.39 Å². The third-order valence-corrected chi connectivity index (χ3v) is 3.21. The summed E-state index contributed by atoms with van der Waals surface area (Å²) >= 11 is 0. The van der Waals surface area contributed by atoms with Crippen molar-refractivity contribution >= 4 is 0 Å². The molecule has 2 rings (SSSR count). The maximum absolute atomic E-state index is 12.9. The van der Waals surface area contributed by atoms with E-state index in [4.69, 9.17) is 4.74 Å². The highest BCUT2D eigenvalue weighted by Gasteiger charge is 2.18. The molecule has 1 aliphatic heterocycles. The molecule has 0 saturated heterocycles. The van der Waals surface area contributed by atoms with Gasteiger partial charge in [0.05, 0.1) is 12.2 Å². The van der Waals surface area contributed by atoms with Gasteiger partial charge in [0.15, 0.2) is 0 Å². The topological polar surface area (TPSA) is 9.23 Å². The fourth-order valence-electron chi connectivity index (χ4n) is 2.21. The number of hydrogen-bond acceptors (Lipinski definition) is 1. The summed E-state index contributed by atoms with van der Waals surface area (Å²) < 4.78 is 18.9. The Morgan fingerprint density at radius 2 is 1.94 bits per heavy atom. The highest BCUT2D eigenvalue weighted by atomic mass is 19.1. The predicted octanol–water partition coefficient (Wildman–Crippen LogP) is 4.40. The predicted molar refractivity (Wildman–Crippen MR) is 67.3 cm³/mol. The maximum Gasteiger partial charge on any atom is 0.123 e. The number of rotatable bonds is 1. The Hall–Kier alpha value is -1.15. The van der Waals surface area contributed by atoms with Crippen LogP contribution in [0.2, 0.25) is 0 Å². The summed E-state index contributed by atoms with van der Waals surface area (Å²) in [4.78, 5) is 0. The molecule has 1 aliphatic rings. The number of benzene rings is 1. The molecule has 0 radical (unpaired) electrons. The molecule has 0 bridgehead atoms. The highest BCUT2D eigenvalue weighted by Crippen LogP contribution is 2.29. The first-order valence-corrected chi connectivity index (χ1v) is 6.21. The molecule has 0 spiro atoms. The Balaban J connectivity index is 2.19. The van der Waals surface area contributed by atoms with Crippen molar-refractivity contribution in [2.45, 2.75) is 45.3 Å². The van der Waals surface area contributed by atoms with Crippen molar-refractivity contribution in [3.05, 3.63) is 47.3 Å². The molecule has 0 N–H and O–H groups in total. The molecule has 1 nitrogen and oxygen atoms in total. The summed E-state index contributed by atoms with van der Waals surface area (Å²) in [6, 6.07) is 6.64. The monoisotopic (exact) mass is 234 g/mol. The molecular formula is C15H19FO. The molecule has 1 aromatic carbocycles. The number of hydrogen-bond donors (Lipinski definition) is 0. The molecule has 2 atom stereocenters. The van der Waals surface area contributed by atoms with Gasteiger partial charge in [-0.05, 0) is 50.8 Å². The van der Waals surface area contributed by atoms with Crippen molar-refractivity contribution in [3.8, 4) is 0 Å². The zero-order valence-electron chi connectivity index (χ0n) is 10.4. The zero-order chi connectivity index (χ0) is 12.3. The minimum Gasteiger partial charge on any atom is -0.370 e. The highest BCUT2D eigenvalue weighted by molar-refractivity contribution is 5.21. The van der Waals surface area contributed by atoms with Crippen molar-refractivity contribution in [1.29, 1.82) is 0 Å². The normalized spacial score (nSPS) is 29.0. The first-order valence-electron chi connectivity index (χ1n) is 6.21. The Labute approximate surface area is 102 Å². The lowest BCUT2D eigenvalue weighted by Crippen LogP contribution is -2.16. The Morgan fingerprint density at radius 1 is 1.24 bits per heavy atom. The lowest BCUT2D eigenvalue weighted by molar-refractivity contribution is -0.00902. The summed E-state index contributed by atoms with van der Waals surface area (Å²) in [6.07, 6.45) is 5.64. The van der Waals surface area contributed by atoms with E-state index in [1.54, 1.807) is 0 Å². The van der Waals surface area contributed by atoms with Crippen LogP contribution in [0.15, 0.2) is 35.9 Å². The maximum atomic E-state index is 12.9. The SMILES string of the molecule is C/C1=C/CC[C@H](C)O[C@H](c2ccc(F)cc2)C1. The molecular weight excluding hydrogens is 215 g/mol. The van der Waals surface area contributed by atoms with Crippen LogP contribution < -0.4 is 0 Å². The average Bonchev–Trinajstić information content (AvgIpc) is 2.27. The van der Waals surface area contributed by atoms with Crippen LogP contribution in [0.25, 0.3) is 0 Å². The van der Waals surface area contributed by atoms with Gasteiger partial charge in [0.25, 0.3) is 0 Å². The summed E-state index contributed by atoms with van der Waals surface area (Å²) in [7, 11) is 0. The van der Waals surface area contributed by atoms with Crippen LogP contribution in [-0.4, -0.2) is 6.10 Å². The van der Waals surface area contributed by atoms with Crippen LogP contribution in [0.4, 0.5) is 4.39 Å². The van der Waals surface area contributed by atoms with Gasteiger partial charge in [-0.25, -0.2) is 4.39 Å². The smallest absolute Gasteiger partial charge is 0.123 e. The molecule has 1 aromatic rings. The van der Waals surface area contributed by atoms with E-state index >= 15 is 0 Å². The van der Waals surface area contributed by atoms with Gasteiger partial charge in [-0.1, -0.05) is 23.8 Å². The second-order valence-corrected chi connectivity index (χ2v) is 4.82. The van der Waals surface area contributed by atoms with Crippen LogP contribution in [0.1, 0.15) is 44.8 Å². The van der Waals surface area contributed by atoms with E-state index in [2.05, 4.69) is 19.9 Å². The van der Waals surface area contributed by atoms with Crippen LogP contribution in [-0.2, 0) is 4.74 Å². The second kappa shape index (κ2) is 5.46. The molecule has 0 amide bonds. The van der Waals surface area contributed by atoms with Gasteiger partial charge in [-0.3, -0.25) is 0 Å². The second-order valence-electron chi connectivity index (χ2n) is 4.82. The van der Waals surface area contributed by atoms with Crippen molar-refractivity contribution in [2.75, 3.05) is 0 Å². The summed E-state index contributed by atoms with van der Waals surface area (Å²) in [5.74, 6) is -0.195. The van der Waals surface area contributed by atoms with Gasteiger partial charge in [0.2, 0.25) is 0 Å². The number of allylic oxidation sites excluding steroid dienone is 1. The van der Waals surface area contributed by atoms with Gasteiger partial charge < -0.3 is 4.74 Å². The van der Waals surface area contributed by atoms with Crippen molar-refractivity contribution in [1.82, 2.24) is 0 Å². The first kappa shape index (κ1) is 12.3. The Bertz CT molecular complexity index is 394. The van der Waals surface area contributed by atoms with Crippen LogP contribution in [0, 0.1) is 5.82 Å². The third-order valence-electron chi connectivity index (χ3n) is 3.21. The molecule has 0 aliphatic carbocycles. The van der Waals surface area contributed by atoms with E-state index in [1.165, 1.54) is 17.7 Å². The number of halogens is 1. The Morgan fingerprint density at radius 3 is 2.65 bits per heavy atom. The zero-order valence-corrected chi connectivity index (χ0v) is 10.4. The average molecular weight is 234 g/mol. The quantitative estimate of drug-likeness (QED) is 0.654. The fraction of sp³-hybridized carbons (Fsp3) is 0.467. The molecule has 0 aromatic heterocycles. The molecule has 17 heavy (non-hydrogen) atoms. The molecule has 92 valence electrons. The van der Waals surface area contributed by atoms with E-state index in [-0.39, 0.29) is 18.0 Å². The molecule has 1 heterocycles. The van der Waals surface area contributed by atoms with Gasteiger partial charge in [0, 0.05) is 0 Å². The van der Waals surface area contributed by atoms with E-state index in [0.717, 1.165) is 24.8 Å². The third kappa shape index (κ3) is 3.40. The minimum atomic E-state index is -0.195. The van der Waals surface area contributed by atoms with Gasteiger partial charge >= 0.3 is 0 Å². The summed E-state index contributed by atoms with van der Waals surface area (Å²) in [5.41, 5.74) is 2.42. The van der Waals surface area contributed by atoms with E-state index < -0.39 is 0 Å². The van der Waals surface area contributed by atoms with E-state index in [0.29, 0.717) is 0 Å². The lowest BCUT2D eigenvalue weighted by atomic mass is 9.99. The molecule has 0 unspecified atom stereocenters.